The fourth-order valence-electron chi connectivity index (χ4n) is 3.21. The monoisotopic (exact) mass is 367 g/mol. The van der Waals surface area contributed by atoms with E-state index in [4.69, 9.17) is 0 Å². The van der Waals surface area contributed by atoms with Gasteiger partial charge in [-0.1, -0.05) is 78.9 Å². The zero-order chi connectivity index (χ0) is 19.3. The maximum Gasteiger partial charge on any atom is 0.0958 e. The number of benzene rings is 3. The lowest BCUT2D eigenvalue weighted by Gasteiger charge is -2.27. The number of hydrazine groups is 1. The Morgan fingerprint density at radius 2 is 1.50 bits per heavy atom. The fourth-order valence-corrected chi connectivity index (χ4v) is 3.21. The predicted octanol–water partition coefficient (Wildman–Crippen LogP) is 3.71. The number of carboxylic acid groups (broad SMARTS) is 1. The lowest BCUT2D eigenvalue weighted by atomic mass is 10.1. The number of aromatic carboxylic acids is 1. The van der Waals surface area contributed by atoms with Crippen LogP contribution in [0, 0.1) is 0 Å². The second kappa shape index (κ2) is 7.84. The summed E-state index contributed by atoms with van der Waals surface area (Å²) in [4.78, 5) is 11.0. The van der Waals surface area contributed by atoms with Gasteiger partial charge in [-0.05, 0) is 41.0 Å². The summed E-state index contributed by atoms with van der Waals surface area (Å²) in [6, 6.07) is 27.0. The average Bonchev–Trinajstić information content (AvgIpc) is 3.18. The summed E-state index contributed by atoms with van der Waals surface area (Å²) in [5.41, 5.74) is 7.69. The number of anilines is 1. The molecule has 0 spiro atoms. The Bertz CT molecular complexity index is 1010. The van der Waals surface area contributed by atoms with Crippen molar-refractivity contribution in [2.45, 2.75) is 6.04 Å². The zero-order valence-electron chi connectivity index (χ0n) is 15.2. The van der Waals surface area contributed by atoms with Gasteiger partial charge in [0.2, 0.25) is 0 Å². The van der Waals surface area contributed by atoms with Crippen LogP contribution >= 0.6 is 0 Å². The first-order chi connectivity index (χ1) is 13.7. The van der Waals surface area contributed by atoms with Gasteiger partial charge in [-0.2, -0.15) is 0 Å². The van der Waals surface area contributed by atoms with Crippen LogP contribution in [0.5, 0.6) is 0 Å². The molecule has 0 unspecified atom stereocenters. The van der Waals surface area contributed by atoms with Gasteiger partial charge in [-0.15, -0.1) is 0 Å². The number of hydrogen-bond acceptors (Lipinski definition) is 4. The Labute approximate surface area is 164 Å². The molecule has 0 radical (unpaired) electrons. The summed E-state index contributed by atoms with van der Waals surface area (Å²) in [6.07, 6.45) is 6.26. The molecule has 138 valence electrons. The fraction of sp³-hybridized carbons (Fsp3) is 0.0417. The summed E-state index contributed by atoms with van der Waals surface area (Å²) in [7, 11) is 0. The van der Waals surface area contributed by atoms with Crippen LogP contribution in [-0.4, -0.2) is 5.97 Å². The molecule has 0 saturated carbocycles. The number of nitrogens with one attached hydrogen (secondary N) is 1. The number of carbonyl (C=O) groups is 1. The van der Waals surface area contributed by atoms with E-state index in [1.54, 1.807) is 24.3 Å². The smallest absolute Gasteiger partial charge is 0.0958 e. The maximum atomic E-state index is 11.0. The zero-order valence-corrected chi connectivity index (χ0v) is 15.2. The summed E-state index contributed by atoms with van der Waals surface area (Å²) < 4.78 is 0. The average molecular weight is 367 g/mol. The van der Waals surface area contributed by atoms with E-state index < -0.39 is 5.97 Å². The minimum absolute atomic E-state index is 0.00886. The molecule has 0 bridgehead atoms. The minimum atomic E-state index is -1.18. The molecule has 0 amide bonds. The van der Waals surface area contributed by atoms with Crippen molar-refractivity contribution in [2.75, 3.05) is 5.01 Å². The topological polar surface area (TPSA) is 55.4 Å². The highest BCUT2D eigenvalue weighted by molar-refractivity contribution is 5.86. The van der Waals surface area contributed by atoms with Gasteiger partial charge < -0.3 is 9.90 Å². The van der Waals surface area contributed by atoms with Crippen molar-refractivity contribution in [3.8, 4) is 0 Å². The van der Waals surface area contributed by atoms with Crippen molar-refractivity contribution in [2.24, 2.45) is 0 Å². The molecular weight excluding hydrogens is 348 g/mol. The number of nitrogens with zero attached hydrogens (tertiary/aromatic N) is 1. The van der Waals surface area contributed by atoms with Crippen molar-refractivity contribution < 1.29 is 9.90 Å². The van der Waals surface area contributed by atoms with Crippen molar-refractivity contribution >= 4 is 17.7 Å². The highest BCUT2D eigenvalue weighted by Crippen LogP contribution is 2.32. The van der Waals surface area contributed by atoms with Crippen LogP contribution in [-0.2, 0) is 0 Å². The molecule has 0 aliphatic carbocycles. The van der Waals surface area contributed by atoms with E-state index in [1.165, 1.54) is 0 Å². The first-order valence-corrected chi connectivity index (χ1v) is 9.08. The van der Waals surface area contributed by atoms with E-state index in [2.05, 4.69) is 41.8 Å². The molecule has 1 N–H and O–H groups in total. The highest BCUT2D eigenvalue weighted by atomic mass is 16.4. The van der Waals surface area contributed by atoms with E-state index in [-0.39, 0.29) is 11.6 Å². The summed E-state index contributed by atoms with van der Waals surface area (Å²) in [6.45, 7) is 0. The molecule has 1 aliphatic heterocycles. The quantitative estimate of drug-likeness (QED) is 0.747. The second-order valence-electron chi connectivity index (χ2n) is 6.54. The summed E-state index contributed by atoms with van der Waals surface area (Å²) in [5, 5.41) is 13.1. The summed E-state index contributed by atoms with van der Waals surface area (Å²) >= 11 is 0. The third kappa shape index (κ3) is 3.81. The van der Waals surface area contributed by atoms with E-state index in [0.29, 0.717) is 0 Å². The van der Waals surface area contributed by atoms with Crippen LogP contribution in [0.2, 0.25) is 0 Å². The molecule has 4 rings (SSSR count). The van der Waals surface area contributed by atoms with Gasteiger partial charge in [0, 0.05) is 0 Å². The normalized spacial score (nSPS) is 16.1. The van der Waals surface area contributed by atoms with E-state index in [9.17, 15) is 9.90 Å². The molecular formula is C24H19N2O2-. The van der Waals surface area contributed by atoms with Crippen LogP contribution in [0.15, 0.2) is 103 Å². The number of hydrogen-bond donors (Lipinski definition) is 1. The lowest BCUT2D eigenvalue weighted by molar-refractivity contribution is -0.255. The van der Waals surface area contributed by atoms with Crippen molar-refractivity contribution in [3.63, 3.8) is 0 Å². The van der Waals surface area contributed by atoms with Crippen molar-refractivity contribution in [3.05, 3.63) is 119 Å². The van der Waals surface area contributed by atoms with E-state index in [0.717, 1.165) is 22.5 Å². The predicted molar refractivity (Wildman–Crippen MR) is 109 cm³/mol. The minimum Gasteiger partial charge on any atom is -0.545 e. The Hall–Kier alpha value is -3.79. The molecule has 3 aromatic rings. The Morgan fingerprint density at radius 1 is 0.857 bits per heavy atom. The number of carbonyl (C=O) groups excluding carboxylic acids is 1. The highest BCUT2D eigenvalue weighted by Gasteiger charge is 2.25. The molecule has 4 heteroatoms. The SMILES string of the molecule is O=C([O-])c1ccc(N2NC(/C=C/c3ccccc3)=C[C@H]2c2ccccc2)cc1. The molecule has 1 aliphatic rings. The Morgan fingerprint density at radius 3 is 2.14 bits per heavy atom. The van der Waals surface area contributed by atoms with Gasteiger partial charge in [0.25, 0.3) is 0 Å². The molecule has 0 aromatic heterocycles. The largest absolute Gasteiger partial charge is 0.545 e. The third-order valence-electron chi connectivity index (χ3n) is 4.64. The Kier molecular flexibility index (Phi) is 4.93. The van der Waals surface area contributed by atoms with Gasteiger partial charge in [0.15, 0.2) is 0 Å². The van der Waals surface area contributed by atoms with Crippen LogP contribution in [0.1, 0.15) is 27.5 Å². The van der Waals surface area contributed by atoms with E-state index >= 15 is 0 Å². The first-order valence-electron chi connectivity index (χ1n) is 9.08. The maximum absolute atomic E-state index is 11.0. The molecule has 28 heavy (non-hydrogen) atoms. The Balaban J connectivity index is 1.64. The summed E-state index contributed by atoms with van der Waals surface area (Å²) in [5.74, 6) is -1.18. The molecule has 1 atom stereocenters. The van der Waals surface area contributed by atoms with Crippen molar-refractivity contribution in [1.82, 2.24) is 5.43 Å². The molecule has 3 aromatic carbocycles. The van der Waals surface area contributed by atoms with Crippen LogP contribution in [0.25, 0.3) is 6.08 Å². The standard InChI is InChI=1S/C24H20N2O2/c27-24(28)20-12-15-22(16-13-20)26-23(19-9-5-2-6-10-19)17-21(25-26)14-11-18-7-3-1-4-8-18/h1-17,23,25H,(H,27,28)/p-1/b14-11+/t23-/m0/s1. The van der Waals surface area contributed by atoms with E-state index in [1.807, 2.05) is 47.5 Å². The second-order valence-corrected chi connectivity index (χ2v) is 6.54. The van der Waals surface area contributed by atoms with Crippen LogP contribution < -0.4 is 15.5 Å². The lowest BCUT2D eigenvalue weighted by Crippen LogP contribution is -2.34. The van der Waals surface area contributed by atoms with Gasteiger partial charge in [-0.25, -0.2) is 0 Å². The molecule has 1 heterocycles. The van der Waals surface area contributed by atoms with Gasteiger partial charge in [0.05, 0.1) is 23.4 Å². The third-order valence-corrected chi connectivity index (χ3v) is 4.64. The van der Waals surface area contributed by atoms with Gasteiger partial charge >= 0.3 is 0 Å². The molecule has 0 fully saturated rings. The molecule has 0 saturated heterocycles. The van der Waals surface area contributed by atoms with Gasteiger partial charge in [-0.3, -0.25) is 10.4 Å². The number of allylic oxidation sites excluding steroid dienone is 1. The number of rotatable bonds is 5. The number of carboxylic acids is 1. The van der Waals surface area contributed by atoms with Crippen LogP contribution in [0.4, 0.5) is 5.69 Å². The van der Waals surface area contributed by atoms with Crippen molar-refractivity contribution in [1.29, 1.82) is 0 Å². The van der Waals surface area contributed by atoms with Gasteiger partial charge in [0.1, 0.15) is 0 Å². The van der Waals surface area contributed by atoms with Crippen LogP contribution in [0.3, 0.4) is 0 Å². The first kappa shape index (κ1) is 17.6. The molecule has 4 nitrogen and oxygen atoms in total.